The van der Waals surface area contributed by atoms with Gasteiger partial charge in [0.25, 0.3) is 5.91 Å². The van der Waals surface area contributed by atoms with Crippen molar-refractivity contribution in [3.05, 3.63) is 16.3 Å². The van der Waals surface area contributed by atoms with Crippen LogP contribution in [0.1, 0.15) is 49.2 Å². The molecular weight excluding hydrogens is 394 g/mol. The number of carbonyl (C=O) groups excluding carboxylic acids is 1. The van der Waals surface area contributed by atoms with Crippen molar-refractivity contribution in [3.8, 4) is 0 Å². The molecule has 2 aliphatic heterocycles. The quantitative estimate of drug-likeness (QED) is 0.812. The molecule has 3 heterocycles. The summed E-state index contributed by atoms with van der Waals surface area (Å²) in [5.74, 6) is -0.189. The molecule has 1 aromatic heterocycles. The Morgan fingerprint density at radius 1 is 1.23 bits per heavy atom. The van der Waals surface area contributed by atoms with Crippen LogP contribution in [0.4, 0.5) is 0 Å². The Kier molecular flexibility index (Phi) is 6.77. The minimum absolute atomic E-state index is 0. The Morgan fingerprint density at radius 2 is 1.88 bits per heavy atom. The number of rotatable bonds is 3. The molecule has 2 aliphatic rings. The smallest absolute Gasteiger partial charge is 0.265 e. The van der Waals surface area contributed by atoms with Gasteiger partial charge in [0.2, 0.25) is 10.0 Å². The van der Waals surface area contributed by atoms with Gasteiger partial charge in [-0.15, -0.1) is 23.7 Å². The molecule has 2 fully saturated rings. The molecule has 2 saturated heterocycles. The zero-order valence-electron chi connectivity index (χ0n) is 15.3. The summed E-state index contributed by atoms with van der Waals surface area (Å²) in [6.07, 6.45) is 3.55. The summed E-state index contributed by atoms with van der Waals surface area (Å²) < 4.78 is 27.5. The van der Waals surface area contributed by atoms with Crippen LogP contribution in [0.15, 0.2) is 16.3 Å². The van der Waals surface area contributed by atoms with E-state index in [2.05, 4.69) is 13.8 Å². The van der Waals surface area contributed by atoms with E-state index in [1.54, 1.807) is 16.3 Å². The molecule has 1 amide bonds. The lowest BCUT2D eigenvalue weighted by molar-refractivity contribution is 0.0534. The molecule has 26 heavy (non-hydrogen) atoms. The molecule has 0 bridgehead atoms. The number of nitrogens with two attached hydrogens (primary N) is 1. The molecule has 0 aliphatic carbocycles. The van der Waals surface area contributed by atoms with E-state index in [1.165, 1.54) is 15.6 Å². The summed E-state index contributed by atoms with van der Waals surface area (Å²) in [6, 6.07) is 1.62. The normalized spacial score (nSPS) is 24.1. The number of carbonyl (C=O) groups is 1. The van der Waals surface area contributed by atoms with Crippen LogP contribution in [0.5, 0.6) is 0 Å². The number of halogens is 1. The van der Waals surface area contributed by atoms with Crippen LogP contribution in [0.3, 0.4) is 0 Å². The van der Waals surface area contributed by atoms with Gasteiger partial charge < -0.3 is 10.6 Å². The number of piperidine rings is 2. The number of thiophene rings is 1. The lowest BCUT2D eigenvalue weighted by Crippen LogP contribution is -2.54. The van der Waals surface area contributed by atoms with Gasteiger partial charge in [-0.05, 0) is 36.1 Å². The molecule has 9 heteroatoms. The molecule has 1 aromatic rings. The lowest BCUT2D eigenvalue weighted by atomic mass is 9.79. The maximum atomic E-state index is 13.0. The fourth-order valence-corrected chi connectivity index (χ4v) is 6.47. The van der Waals surface area contributed by atoms with E-state index >= 15 is 0 Å². The lowest BCUT2D eigenvalue weighted by Gasteiger charge is -2.42. The highest BCUT2D eigenvalue weighted by atomic mass is 35.5. The third-order valence-corrected chi connectivity index (χ3v) is 8.33. The van der Waals surface area contributed by atoms with E-state index in [9.17, 15) is 13.2 Å². The molecule has 1 unspecified atom stereocenters. The minimum atomic E-state index is -3.60. The van der Waals surface area contributed by atoms with Gasteiger partial charge in [-0.3, -0.25) is 4.79 Å². The number of hydrogen-bond acceptors (Lipinski definition) is 5. The molecule has 2 N–H and O–H groups in total. The number of sulfonamides is 1. The fourth-order valence-electron chi connectivity index (χ4n) is 3.59. The number of hydrogen-bond donors (Lipinski definition) is 1. The topological polar surface area (TPSA) is 83.7 Å². The average Bonchev–Trinajstić information content (AvgIpc) is 3.08. The molecule has 0 aromatic carbocycles. The van der Waals surface area contributed by atoms with Gasteiger partial charge in [0, 0.05) is 32.2 Å². The average molecular weight is 422 g/mol. The summed E-state index contributed by atoms with van der Waals surface area (Å²) in [5.41, 5.74) is 5.98. The second-order valence-corrected chi connectivity index (χ2v) is 10.5. The molecule has 0 spiro atoms. The van der Waals surface area contributed by atoms with Gasteiger partial charge in [0.15, 0.2) is 0 Å². The minimum Gasteiger partial charge on any atom is -0.337 e. The van der Waals surface area contributed by atoms with Crippen LogP contribution < -0.4 is 5.73 Å². The van der Waals surface area contributed by atoms with Gasteiger partial charge >= 0.3 is 0 Å². The molecule has 0 radical (unpaired) electrons. The van der Waals surface area contributed by atoms with Crippen LogP contribution >= 0.6 is 23.7 Å². The Morgan fingerprint density at radius 3 is 2.50 bits per heavy atom. The van der Waals surface area contributed by atoms with Crippen LogP contribution in [0.2, 0.25) is 0 Å². The first-order valence-corrected chi connectivity index (χ1v) is 11.2. The van der Waals surface area contributed by atoms with Crippen molar-refractivity contribution in [1.29, 1.82) is 0 Å². The Labute approximate surface area is 166 Å². The third kappa shape index (κ3) is 4.09. The second-order valence-electron chi connectivity index (χ2n) is 7.69. The molecule has 1 atom stereocenters. The number of nitrogens with zero attached hydrogens (tertiary/aromatic N) is 2. The van der Waals surface area contributed by atoms with E-state index in [-0.39, 0.29) is 34.7 Å². The molecule has 0 saturated carbocycles. The van der Waals surface area contributed by atoms with Gasteiger partial charge in [-0.25, -0.2) is 8.42 Å². The highest BCUT2D eigenvalue weighted by molar-refractivity contribution is 7.89. The van der Waals surface area contributed by atoms with Crippen molar-refractivity contribution < 1.29 is 13.2 Å². The van der Waals surface area contributed by atoms with Crippen molar-refractivity contribution in [1.82, 2.24) is 9.21 Å². The van der Waals surface area contributed by atoms with E-state index in [0.717, 1.165) is 25.7 Å². The zero-order valence-corrected chi connectivity index (χ0v) is 17.8. The first-order chi connectivity index (χ1) is 11.7. The molecule has 3 rings (SSSR count). The van der Waals surface area contributed by atoms with Gasteiger partial charge in [-0.1, -0.05) is 20.3 Å². The summed E-state index contributed by atoms with van der Waals surface area (Å²) in [5, 5.41) is 1.70. The summed E-state index contributed by atoms with van der Waals surface area (Å²) >= 11 is 1.21. The third-order valence-electron chi connectivity index (χ3n) is 5.36. The molecule has 6 nitrogen and oxygen atoms in total. The number of likely N-dealkylation sites (tertiary alicyclic amines) is 1. The predicted octanol–water partition coefficient (Wildman–Crippen LogP) is 2.54. The fraction of sp³-hybridized carbons (Fsp3) is 0.706. The van der Waals surface area contributed by atoms with Gasteiger partial charge in [-0.2, -0.15) is 4.31 Å². The summed E-state index contributed by atoms with van der Waals surface area (Å²) in [4.78, 5) is 15.3. The Hall–Kier alpha value is -0.670. The van der Waals surface area contributed by atoms with Crippen LogP contribution in [0.25, 0.3) is 0 Å². The van der Waals surface area contributed by atoms with E-state index in [1.807, 2.05) is 0 Å². The highest BCUT2D eigenvalue weighted by Crippen LogP contribution is 2.32. The van der Waals surface area contributed by atoms with Crippen molar-refractivity contribution >= 4 is 39.7 Å². The van der Waals surface area contributed by atoms with Crippen molar-refractivity contribution in [2.75, 3.05) is 26.2 Å². The van der Waals surface area contributed by atoms with E-state index < -0.39 is 10.0 Å². The highest BCUT2D eigenvalue weighted by Gasteiger charge is 2.38. The van der Waals surface area contributed by atoms with Crippen molar-refractivity contribution in [3.63, 3.8) is 0 Å². The van der Waals surface area contributed by atoms with E-state index in [4.69, 9.17) is 5.73 Å². The molecule has 148 valence electrons. The Bertz CT molecular complexity index is 742. The van der Waals surface area contributed by atoms with Crippen molar-refractivity contribution in [2.45, 2.75) is 50.5 Å². The summed E-state index contributed by atoms with van der Waals surface area (Å²) in [7, 11) is -3.60. The maximum Gasteiger partial charge on any atom is 0.265 e. The van der Waals surface area contributed by atoms with Crippen molar-refractivity contribution in [2.24, 2.45) is 11.1 Å². The van der Waals surface area contributed by atoms with Crippen LogP contribution in [-0.2, 0) is 10.0 Å². The first-order valence-electron chi connectivity index (χ1n) is 8.86. The first kappa shape index (κ1) is 21.6. The van der Waals surface area contributed by atoms with E-state index in [0.29, 0.717) is 31.1 Å². The van der Waals surface area contributed by atoms with Gasteiger partial charge in [0.1, 0.15) is 9.77 Å². The standard InChI is InChI=1S/C17H27N3O3S2.ClH/c1-17(2)12-19(10-6-14(17)18)16(21)15-13(7-11-24-15)25(22,23)20-8-4-3-5-9-20;/h7,11,14H,3-6,8-10,12,18H2,1-2H3;1H. The zero-order chi connectivity index (χ0) is 18.2. The maximum absolute atomic E-state index is 13.0. The molecular formula is C17H28ClN3O3S2. The monoisotopic (exact) mass is 421 g/mol. The SMILES string of the molecule is CC1(C)CN(C(=O)c2sccc2S(=O)(=O)N2CCCCC2)CCC1N.Cl. The largest absolute Gasteiger partial charge is 0.337 e. The van der Waals surface area contributed by atoms with Crippen LogP contribution in [0, 0.1) is 5.41 Å². The van der Waals surface area contributed by atoms with Crippen LogP contribution in [-0.4, -0.2) is 55.8 Å². The van der Waals surface area contributed by atoms with Gasteiger partial charge in [0.05, 0.1) is 0 Å². The predicted molar refractivity (Wildman–Crippen MR) is 106 cm³/mol. The summed E-state index contributed by atoms with van der Waals surface area (Å²) in [6.45, 7) is 6.31. The second kappa shape index (κ2) is 8.14. The number of amides is 1. The Balaban J connectivity index is 0.00000243.